The summed E-state index contributed by atoms with van der Waals surface area (Å²) in [5.74, 6) is -0.449. The molecule has 0 atom stereocenters. The van der Waals surface area contributed by atoms with Crippen molar-refractivity contribution in [3.8, 4) is 5.88 Å². The molecule has 2 aromatic rings. The molecule has 0 fully saturated rings. The normalized spacial score (nSPS) is 11.2. The molecule has 22 heavy (non-hydrogen) atoms. The predicted molar refractivity (Wildman–Crippen MR) is 80.2 cm³/mol. The van der Waals surface area contributed by atoms with Crippen LogP contribution in [-0.2, 0) is 10.1 Å². The van der Waals surface area contributed by atoms with Crippen LogP contribution in [0.5, 0.6) is 5.88 Å². The maximum atomic E-state index is 12.2. The van der Waals surface area contributed by atoms with E-state index in [9.17, 15) is 18.5 Å². The fourth-order valence-corrected chi connectivity index (χ4v) is 3.14. The number of hydrogen-bond donors (Lipinski definition) is 0. The Morgan fingerprint density at radius 2 is 1.82 bits per heavy atom. The molecule has 0 radical (unpaired) electrons. The zero-order valence-electron chi connectivity index (χ0n) is 10.4. The maximum absolute atomic E-state index is 12.2. The van der Waals surface area contributed by atoms with E-state index in [1.165, 1.54) is 12.1 Å². The zero-order chi connectivity index (χ0) is 16.5. The average Bonchev–Trinajstić information content (AvgIpc) is 2.41. The van der Waals surface area contributed by atoms with Crippen LogP contribution in [0.1, 0.15) is 0 Å². The fourth-order valence-electron chi connectivity index (χ4n) is 1.46. The summed E-state index contributed by atoms with van der Waals surface area (Å²) >= 11 is 17.0. The van der Waals surface area contributed by atoms with Gasteiger partial charge in [0.2, 0.25) is 0 Å². The van der Waals surface area contributed by atoms with Crippen molar-refractivity contribution in [3.05, 3.63) is 55.6 Å². The van der Waals surface area contributed by atoms with E-state index < -0.39 is 31.5 Å². The number of rotatable bonds is 4. The fraction of sp³-hybridized carbons (Fsp3) is 0. The van der Waals surface area contributed by atoms with E-state index in [1.54, 1.807) is 0 Å². The molecule has 7 nitrogen and oxygen atoms in total. The highest BCUT2D eigenvalue weighted by Gasteiger charge is 2.29. The van der Waals surface area contributed by atoms with Crippen LogP contribution in [0.15, 0.2) is 35.4 Å². The average molecular weight is 384 g/mol. The van der Waals surface area contributed by atoms with Gasteiger partial charge in [0.25, 0.3) is 11.6 Å². The van der Waals surface area contributed by atoms with Crippen molar-refractivity contribution < 1.29 is 17.5 Å². The molecule has 0 aliphatic heterocycles. The van der Waals surface area contributed by atoms with E-state index in [2.05, 4.69) is 4.98 Å². The Bertz CT molecular complexity index is 857. The lowest BCUT2D eigenvalue weighted by Crippen LogP contribution is -2.13. The molecule has 0 aliphatic rings. The van der Waals surface area contributed by atoms with E-state index in [4.69, 9.17) is 39.0 Å². The molecule has 0 amide bonds. The van der Waals surface area contributed by atoms with E-state index in [0.717, 1.165) is 18.3 Å². The Hall–Kier alpha value is -1.61. The van der Waals surface area contributed by atoms with Gasteiger partial charge in [-0.1, -0.05) is 34.8 Å². The summed E-state index contributed by atoms with van der Waals surface area (Å²) in [6.45, 7) is 0. The second kappa shape index (κ2) is 6.25. The molecule has 2 rings (SSSR count). The summed E-state index contributed by atoms with van der Waals surface area (Å²) in [7, 11) is -4.53. The zero-order valence-corrected chi connectivity index (χ0v) is 13.4. The van der Waals surface area contributed by atoms with Crippen LogP contribution in [0, 0.1) is 10.1 Å². The Balaban J connectivity index is 2.49. The maximum Gasteiger partial charge on any atom is 0.347 e. The summed E-state index contributed by atoms with van der Waals surface area (Å²) in [6, 6.07) is 4.26. The lowest BCUT2D eigenvalue weighted by atomic mass is 10.3. The monoisotopic (exact) mass is 382 g/mol. The first-order valence-electron chi connectivity index (χ1n) is 5.40. The van der Waals surface area contributed by atoms with Gasteiger partial charge in [0.05, 0.1) is 9.95 Å². The third-order valence-electron chi connectivity index (χ3n) is 2.35. The molecule has 0 spiro atoms. The molecule has 0 unspecified atom stereocenters. The largest absolute Gasteiger partial charge is 0.356 e. The smallest absolute Gasteiger partial charge is 0.347 e. The van der Waals surface area contributed by atoms with Crippen LogP contribution in [-0.4, -0.2) is 18.3 Å². The SMILES string of the molecule is O=[N+]([O-])c1cc(Cl)ccc1S(=O)(=O)Oc1ncc(Cl)cc1Cl. The van der Waals surface area contributed by atoms with Gasteiger partial charge in [-0.15, -0.1) is 0 Å². The molecule has 1 aromatic heterocycles. The molecular formula is C11H5Cl3N2O5S. The van der Waals surface area contributed by atoms with E-state index in [-0.39, 0.29) is 15.1 Å². The second-order valence-electron chi connectivity index (χ2n) is 3.85. The van der Waals surface area contributed by atoms with Crippen molar-refractivity contribution in [2.75, 3.05) is 0 Å². The van der Waals surface area contributed by atoms with E-state index >= 15 is 0 Å². The first-order valence-corrected chi connectivity index (χ1v) is 7.94. The number of aromatic nitrogens is 1. The van der Waals surface area contributed by atoms with Crippen molar-refractivity contribution in [2.24, 2.45) is 0 Å². The quantitative estimate of drug-likeness (QED) is 0.453. The van der Waals surface area contributed by atoms with Crippen molar-refractivity contribution in [3.63, 3.8) is 0 Å². The number of halogens is 3. The summed E-state index contributed by atoms with van der Waals surface area (Å²) in [6.07, 6.45) is 1.12. The molecule has 116 valence electrons. The second-order valence-corrected chi connectivity index (χ2v) is 6.64. The molecule has 0 bridgehead atoms. The number of nitro groups is 1. The third kappa shape index (κ3) is 3.58. The molecule has 11 heteroatoms. The summed E-state index contributed by atoms with van der Waals surface area (Å²) < 4.78 is 29.1. The predicted octanol–water partition coefficient (Wildman–Crippen LogP) is 3.72. The Labute approximate surface area is 139 Å². The summed E-state index contributed by atoms with van der Waals surface area (Å²) in [4.78, 5) is 13.0. The molecular weight excluding hydrogens is 379 g/mol. The highest BCUT2D eigenvalue weighted by Crippen LogP contribution is 2.31. The summed E-state index contributed by atoms with van der Waals surface area (Å²) in [5.41, 5.74) is -0.724. The Morgan fingerprint density at radius 3 is 2.41 bits per heavy atom. The molecule has 0 aliphatic carbocycles. The Morgan fingerprint density at radius 1 is 1.14 bits per heavy atom. The van der Waals surface area contributed by atoms with Gasteiger partial charge in [-0.05, 0) is 18.2 Å². The Kier molecular flexibility index (Phi) is 4.76. The van der Waals surface area contributed by atoms with Crippen LogP contribution in [0.4, 0.5) is 5.69 Å². The number of nitro benzene ring substituents is 1. The molecule has 1 heterocycles. The first kappa shape index (κ1) is 16.8. The van der Waals surface area contributed by atoms with Crippen molar-refractivity contribution >= 4 is 50.6 Å². The molecule has 0 N–H and O–H groups in total. The van der Waals surface area contributed by atoms with Crippen molar-refractivity contribution in [2.45, 2.75) is 4.90 Å². The van der Waals surface area contributed by atoms with Gasteiger partial charge < -0.3 is 4.18 Å². The van der Waals surface area contributed by atoms with Crippen LogP contribution in [0.3, 0.4) is 0 Å². The van der Waals surface area contributed by atoms with Gasteiger partial charge in [-0.25, -0.2) is 4.98 Å². The van der Waals surface area contributed by atoms with Gasteiger partial charge >= 0.3 is 10.1 Å². The first-order chi connectivity index (χ1) is 10.2. The van der Waals surface area contributed by atoms with Crippen molar-refractivity contribution in [1.29, 1.82) is 0 Å². The lowest BCUT2D eigenvalue weighted by molar-refractivity contribution is -0.387. The van der Waals surface area contributed by atoms with Crippen LogP contribution in [0.2, 0.25) is 15.1 Å². The lowest BCUT2D eigenvalue weighted by Gasteiger charge is -2.08. The minimum atomic E-state index is -4.53. The minimum absolute atomic E-state index is 0.00769. The van der Waals surface area contributed by atoms with Gasteiger partial charge in [-0.3, -0.25) is 10.1 Å². The van der Waals surface area contributed by atoms with Crippen LogP contribution >= 0.6 is 34.8 Å². The number of benzene rings is 1. The third-order valence-corrected chi connectivity index (χ3v) is 4.32. The number of nitrogens with zero attached hydrogens (tertiary/aromatic N) is 2. The van der Waals surface area contributed by atoms with Crippen LogP contribution in [0.25, 0.3) is 0 Å². The van der Waals surface area contributed by atoms with Gasteiger partial charge in [0.1, 0.15) is 5.02 Å². The molecule has 0 saturated carbocycles. The van der Waals surface area contributed by atoms with Gasteiger partial charge in [0, 0.05) is 17.3 Å². The van der Waals surface area contributed by atoms with E-state index in [0.29, 0.717) is 0 Å². The van der Waals surface area contributed by atoms with Gasteiger partial charge in [-0.2, -0.15) is 8.42 Å². The topological polar surface area (TPSA) is 99.4 Å². The minimum Gasteiger partial charge on any atom is -0.356 e. The van der Waals surface area contributed by atoms with E-state index in [1.807, 2.05) is 0 Å². The molecule has 1 aromatic carbocycles. The highest BCUT2D eigenvalue weighted by atomic mass is 35.5. The molecule has 0 saturated heterocycles. The highest BCUT2D eigenvalue weighted by molar-refractivity contribution is 7.87. The number of pyridine rings is 1. The van der Waals surface area contributed by atoms with Crippen LogP contribution < -0.4 is 4.18 Å². The number of hydrogen-bond acceptors (Lipinski definition) is 6. The summed E-state index contributed by atoms with van der Waals surface area (Å²) in [5, 5.41) is 11.0. The standard InChI is InChI=1S/C11H5Cl3N2O5S/c12-6-1-2-10(9(4-6)16(17)18)22(19,20)21-11-8(14)3-7(13)5-15-11/h1-5H. The van der Waals surface area contributed by atoms with Crippen molar-refractivity contribution in [1.82, 2.24) is 4.98 Å². The van der Waals surface area contributed by atoms with Gasteiger partial charge in [0.15, 0.2) is 4.90 Å².